The van der Waals surface area contributed by atoms with Crippen LogP contribution >= 0.6 is 0 Å². The molecule has 0 fully saturated rings. The van der Waals surface area contributed by atoms with Crippen LogP contribution in [0.3, 0.4) is 0 Å². The maximum absolute atomic E-state index is 11.6. The Labute approximate surface area is 284 Å². The predicted molar refractivity (Wildman–Crippen MR) is 185 cm³/mol. The van der Waals surface area contributed by atoms with Crippen molar-refractivity contribution in [2.75, 3.05) is 0 Å². The molecule has 0 spiro atoms. The minimum Gasteiger partial charge on any atom is -0.507 e. The number of carboxylic acid groups (broad SMARTS) is 4. The summed E-state index contributed by atoms with van der Waals surface area (Å²) in [5.74, 6) is -4.77. The topological polar surface area (TPSA) is 190 Å². The maximum atomic E-state index is 11.6. The Bertz CT molecular complexity index is 1980. The lowest BCUT2D eigenvalue weighted by molar-refractivity contribution is 0.0686. The standard InChI is InChI=1S/C40H26O10/c41-35-31(21-1-9-25(10-2-21)37(43)44)17-29(18-32(35)22-3-11-26(12-4-22)38(45)46)30-19-33(23-5-13-27(14-6-23)39(47)48)36(42)34(20-30)24-7-15-28(16-8-24)40(49)50/h1-20,41-42H,(H,43,44)(H,45,46)(H,47,48)(H,49,50). The van der Waals surface area contributed by atoms with Gasteiger partial charge in [0, 0.05) is 22.3 Å². The quantitative estimate of drug-likeness (QED) is 0.0876. The van der Waals surface area contributed by atoms with Crippen LogP contribution in [-0.4, -0.2) is 54.5 Å². The van der Waals surface area contributed by atoms with Gasteiger partial charge in [-0.15, -0.1) is 0 Å². The van der Waals surface area contributed by atoms with Crippen molar-refractivity contribution < 1.29 is 49.8 Å². The van der Waals surface area contributed by atoms with Crippen LogP contribution in [0.15, 0.2) is 121 Å². The van der Waals surface area contributed by atoms with Crippen LogP contribution in [0.4, 0.5) is 0 Å². The molecule has 0 aliphatic rings. The Morgan fingerprint density at radius 2 is 0.480 bits per heavy atom. The van der Waals surface area contributed by atoms with E-state index >= 15 is 0 Å². The molecule has 6 rings (SSSR count). The van der Waals surface area contributed by atoms with E-state index in [0.717, 1.165) is 0 Å². The SMILES string of the molecule is O=C(O)c1ccc(-c2cc(-c3cc(-c4ccc(C(=O)O)cc4)c(O)c(-c4ccc(C(=O)O)cc4)c3)cc(-c3ccc(C(=O)O)cc3)c2O)cc1. The molecule has 0 saturated carbocycles. The molecule has 10 nitrogen and oxygen atoms in total. The first kappa shape index (κ1) is 32.7. The van der Waals surface area contributed by atoms with Gasteiger partial charge in [0.05, 0.1) is 22.3 Å². The summed E-state index contributed by atoms with van der Waals surface area (Å²) in [7, 11) is 0. The second-order valence-electron chi connectivity index (χ2n) is 11.4. The fourth-order valence-corrected chi connectivity index (χ4v) is 5.65. The average molecular weight is 667 g/mol. The smallest absolute Gasteiger partial charge is 0.335 e. The molecule has 6 aromatic rings. The van der Waals surface area contributed by atoms with E-state index in [1.807, 2.05) is 0 Å². The summed E-state index contributed by atoms with van der Waals surface area (Å²) in [6, 6.07) is 30.5. The zero-order valence-electron chi connectivity index (χ0n) is 25.9. The van der Waals surface area contributed by atoms with Crippen molar-refractivity contribution in [3.05, 3.63) is 144 Å². The van der Waals surface area contributed by atoms with E-state index in [9.17, 15) is 49.8 Å². The third kappa shape index (κ3) is 6.36. The second kappa shape index (κ2) is 13.1. The van der Waals surface area contributed by atoms with Gasteiger partial charge in [0.2, 0.25) is 0 Å². The first-order chi connectivity index (χ1) is 23.9. The van der Waals surface area contributed by atoms with Crippen molar-refractivity contribution in [1.82, 2.24) is 0 Å². The zero-order valence-corrected chi connectivity index (χ0v) is 25.9. The van der Waals surface area contributed by atoms with Crippen molar-refractivity contribution in [3.63, 3.8) is 0 Å². The molecule has 0 amide bonds. The molecule has 6 N–H and O–H groups in total. The highest BCUT2D eigenvalue weighted by atomic mass is 16.4. The first-order valence-corrected chi connectivity index (χ1v) is 15.0. The second-order valence-corrected chi connectivity index (χ2v) is 11.4. The minimum absolute atomic E-state index is 0.0459. The van der Waals surface area contributed by atoms with Crippen LogP contribution in [0.1, 0.15) is 41.4 Å². The lowest BCUT2D eigenvalue weighted by atomic mass is 9.88. The lowest BCUT2D eigenvalue weighted by Crippen LogP contribution is -1.97. The van der Waals surface area contributed by atoms with Gasteiger partial charge in [0.1, 0.15) is 11.5 Å². The number of rotatable bonds is 9. The number of phenolic OH excluding ortho intramolecular Hbond substituents is 2. The van der Waals surface area contributed by atoms with Crippen LogP contribution in [-0.2, 0) is 0 Å². The Hall–Kier alpha value is -7.20. The summed E-state index contributed by atoms with van der Waals surface area (Å²) in [4.78, 5) is 46.1. The van der Waals surface area contributed by atoms with Gasteiger partial charge in [-0.3, -0.25) is 0 Å². The van der Waals surface area contributed by atoms with Crippen molar-refractivity contribution in [2.24, 2.45) is 0 Å². The minimum atomic E-state index is -1.12. The largest absolute Gasteiger partial charge is 0.507 e. The number of carboxylic acids is 4. The Morgan fingerprint density at radius 3 is 0.640 bits per heavy atom. The highest BCUT2D eigenvalue weighted by Crippen LogP contribution is 2.46. The van der Waals surface area contributed by atoms with E-state index in [2.05, 4.69) is 0 Å². The van der Waals surface area contributed by atoms with Crippen molar-refractivity contribution in [1.29, 1.82) is 0 Å². The molecular weight excluding hydrogens is 640 g/mol. The predicted octanol–water partition coefficient (Wildman–Crippen LogP) is 8.23. The molecule has 0 heterocycles. The maximum Gasteiger partial charge on any atom is 0.335 e. The lowest BCUT2D eigenvalue weighted by Gasteiger charge is -2.18. The van der Waals surface area contributed by atoms with E-state index in [-0.39, 0.29) is 33.8 Å². The molecule has 0 atom stereocenters. The van der Waals surface area contributed by atoms with Gasteiger partial charge in [-0.25, -0.2) is 19.2 Å². The van der Waals surface area contributed by atoms with Crippen LogP contribution in [0.25, 0.3) is 55.6 Å². The fraction of sp³-hybridized carbons (Fsp3) is 0. The van der Waals surface area contributed by atoms with Gasteiger partial charge in [0.15, 0.2) is 0 Å². The molecule has 0 aliphatic carbocycles. The zero-order chi connectivity index (χ0) is 35.7. The van der Waals surface area contributed by atoms with Crippen molar-refractivity contribution in [3.8, 4) is 67.1 Å². The third-order valence-corrected chi connectivity index (χ3v) is 8.32. The monoisotopic (exact) mass is 666 g/mol. The molecule has 0 radical (unpaired) electrons. The van der Waals surface area contributed by atoms with E-state index < -0.39 is 23.9 Å². The van der Waals surface area contributed by atoms with E-state index in [1.54, 1.807) is 72.8 Å². The van der Waals surface area contributed by atoms with Crippen molar-refractivity contribution in [2.45, 2.75) is 0 Å². The molecule has 0 unspecified atom stereocenters. The number of hydrogen-bond acceptors (Lipinski definition) is 6. The summed E-state index contributed by atoms with van der Waals surface area (Å²) in [5, 5.41) is 60.9. The molecule has 6 aromatic carbocycles. The fourth-order valence-electron chi connectivity index (χ4n) is 5.65. The molecule has 10 heteroatoms. The van der Waals surface area contributed by atoms with Gasteiger partial charge in [-0.2, -0.15) is 0 Å². The molecule has 0 aliphatic heterocycles. The van der Waals surface area contributed by atoms with Crippen LogP contribution in [0.5, 0.6) is 11.5 Å². The number of hydrogen-bond donors (Lipinski definition) is 6. The summed E-state index contributed by atoms with van der Waals surface area (Å²) in [6.45, 7) is 0. The molecule has 0 bridgehead atoms. The Morgan fingerprint density at radius 1 is 0.300 bits per heavy atom. The van der Waals surface area contributed by atoms with Gasteiger partial charge < -0.3 is 30.6 Å². The molecule has 246 valence electrons. The molecule has 0 aromatic heterocycles. The van der Waals surface area contributed by atoms with E-state index in [0.29, 0.717) is 55.6 Å². The average Bonchev–Trinajstić information content (AvgIpc) is 3.12. The Balaban J connectivity index is 1.62. The number of aromatic carboxylic acids is 4. The number of carbonyl (C=O) groups is 4. The summed E-state index contributed by atoms with van der Waals surface area (Å²) >= 11 is 0. The first-order valence-electron chi connectivity index (χ1n) is 15.0. The van der Waals surface area contributed by atoms with Gasteiger partial charge in [-0.05, 0) is 106 Å². The molecular formula is C40H26O10. The summed E-state index contributed by atoms with van der Waals surface area (Å²) in [5.41, 5.74) is 4.59. The molecule has 0 saturated heterocycles. The van der Waals surface area contributed by atoms with Crippen LogP contribution in [0, 0.1) is 0 Å². The molecule has 50 heavy (non-hydrogen) atoms. The van der Waals surface area contributed by atoms with E-state index in [1.165, 1.54) is 48.5 Å². The van der Waals surface area contributed by atoms with Gasteiger partial charge in [-0.1, -0.05) is 48.5 Å². The van der Waals surface area contributed by atoms with Crippen molar-refractivity contribution >= 4 is 23.9 Å². The van der Waals surface area contributed by atoms with Crippen LogP contribution in [0.2, 0.25) is 0 Å². The van der Waals surface area contributed by atoms with Crippen LogP contribution < -0.4 is 0 Å². The van der Waals surface area contributed by atoms with Gasteiger partial charge >= 0.3 is 23.9 Å². The summed E-state index contributed by atoms with van der Waals surface area (Å²) < 4.78 is 0. The number of aromatic hydroxyl groups is 2. The Kier molecular flexibility index (Phi) is 8.59. The van der Waals surface area contributed by atoms with E-state index in [4.69, 9.17) is 0 Å². The number of phenols is 2. The highest BCUT2D eigenvalue weighted by Gasteiger charge is 2.20. The van der Waals surface area contributed by atoms with Gasteiger partial charge in [0.25, 0.3) is 0 Å². The summed E-state index contributed by atoms with van der Waals surface area (Å²) in [6.07, 6.45) is 0. The number of benzene rings is 6. The normalized spacial score (nSPS) is 10.8. The third-order valence-electron chi connectivity index (χ3n) is 8.32. The highest BCUT2D eigenvalue weighted by molar-refractivity contribution is 5.95.